The first-order chi connectivity index (χ1) is 12.8. The predicted molar refractivity (Wildman–Crippen MR) is 88.8 cm³/mol. The maximum absolute atomic E-state index is 13.8. The average Bonchev–Trinajstić information content (AvgIpc) is 3.10. The summed E-state index contributed by atoms with van der Waals surface area (Å²) in [6.07, 6.45) is -0.413. The maximum Gasteiger partial charge on any atom is 0.377 e. The molecule has 0 bridgehead atoms. The normalized spacial score (nSPS) is 16.0. The maximum atomic E-state index is 13.8. The lowest BCUT2D eigenvalue weighted by Gasteiger charge is -2.22. The molecule has 0 aromatic heterocycles. The van der Waals surface area contributed by atoms with Gasteiger partial charge in [0.25, 0.3) is 0 Å². The van der Waals surface area contributed by atoms with E-state index in [0.29, 0.717) is 32.1 Å². The van der Waals surface area contributed by atoms with Crippen LogP contribution in [0, 0.1) is 5.41 Å². The summed E-state index contributed by atoms with van der Waals surface area (Å²) in [6, 6.07) is 0. The lowest BCUT2D eigenvalue weighted by Crippen LogP contribution is -2.43. The first kappa shape index (κ1) is 24.2. The molecule has 1 rings (SSSR count). The van der Waals surface area contributed by atoms with Gasteiger partial charge in [0.05, 0.1) is 11.8 Å². The van der Waals surface area contributed by atoms with Crippen molar-refractivity contribution in [3.8, 4) is 0 Å². The van der Waals surface area contributed by atoms with Crippen molar-refractivity contribution in [2.45, 2.75) is 77.2 Å². The molecule has 0 aromatic carbocycles. The van der Waals surface area contributed by atoms with E-state index in [1.807, 2.05) is 0 Å². The minimum absolute atomic E-state index is 0.397. The van der Waals surface area contributed by atoms with Crippen molar-refractivity contribution >= 4 is 17.9 Å². The van der Waals surface area contributed by atoms with Crippen molar-refractivity contribution < 1.29 is 46.2 Å². The van der Waals surface area contributed by atoms with Gasteiger partial charge in [-0.2, -0.15) is 17.6 Å². The number of esters is 3. The lowest BCUT2D eigenvalue weighted by molar-refractivity contribution is -0.200. The van der Waals surface area contributed by atoms with Crippen LogP contribution >= 0.6 is 0 Å². The Balaban J connectivity index is 2.47. The highest BCUT2D eigenvalue weighted by molar-refractivity contribution is 5.82. The fourth-order valence-corrected chi connectivity index (χ4v) is 2.38. The molecule has 1 saturated carbocycles. The molecule has 0 unspecified atom stereocenters. The fourth-order valence-electron chi connectivity index (χ4n) is 2.38. The van der Waals surface area contributed by atoms with Crippen molar-refractivity contribution in [1.29, 1.82) is 0 Å². The number of rotatable bonds is 10. The summed E-state index contributed by atoms with van der Waals surface area (Å²) in [6.45, 7) is 3.76. The van der Waals surface area contributed by atoms with Crippen molar-refractivity contribution in [1.82, 2.24) is 0 Å². The summed E-state index contributed by atoms with van der Waals surface area (Å²) >= 11 is 0. The monoisotopic (exact) mass is 414 g/mol. The van der Waals surface area contributed by atoms with Gasteiger partial charge in [0.2, 0.25) is 0 Å². The Morgan fingerprint density at radius 2 is 1.32 bits per heavy atom. The minimum atomic E-state index is -4.61. The van der Waals surface area contributed by atoms with Crippen LogP contribution in [0.4, 0.5) is 17.6 Å². The Morgan fingerprint density at radius 3 is 1.82 bits per heavy atom. The second-order valence-corrected chi connectivity index (χ2v) is 7.41. The fraction of sp³-hybridized carbons (Fsp3) is 0.833. The molecule has 0 saturated heterocycles. The molecule has 28 heavy (non-hydrogen) atoms. The quantitative estimate of drug-likeness (QED) is 0.235. The van der Waals surface area contributed by atoms with E-state index in [1.54, 1.807) is 20.8 Å². The van der Waals surface area contributed by atoms with Gasteiger partial charge in [-0.3, -0.25) is 4.79 Å². The third-order valence-electron chi connectivity index (χ3n) is 4.60. The van der Waals surface area contributed by atoms with E-state index in [-0.39, 0.29) is 0 Å². The van der Waals surface area contributed by atoms with Gasteiger partial charge in [0.1, 0.15) is 19.3 Å². The molecular formula is C18H26F4O6. The Hall–Kier alpha value is -1.87. The van der Waals surface area contributed by atoms with Crippen LogP contribution in [0.2, 0.25) is 0 Å². The van der Waals surface area contributed by atoms with Crippen LogP contribution in [0.15, 0.2) is 0 Å². The average molecular weight is 414 g/mol. The second kappa shape index (κ2) is 9.56. The topological polar surface area (TPSA) is 78.9 Å². The molecule has 6 nitrogen and oxygen atoms in total. The second-order valence-electron chi connectivity index (χ2n) is 7.41. The molecule has 0 radical (unpaired) electrons. The number of hydrogen-bond donors (Lipinski definition) is 0. The molecule has 0 spiro atoms. The van der Waals surface area contributed by atoms with Crippen LogP contribution in [0.5, 0.6) is 0 Å². The highest BCUT2D eigenvalue weighted by Crippen LogP contribution is 2.34. The zero-order chi connectivity index (χ0) is 21.6. The van der Waals surface area contributed by atoms with Crippen molar-refractivity contribution in [3.05, 3.63) is 0 Å². The third kappa shape index (κ3) is 6.94. The molecule has 10 heteroatoms. The van der Waals surface area contributed by atoms with E-state index in [0.717, 1.165) is 0 Å². The summed E-state index contributed by atoms with van der Waals surface area (Å²) in [5.41, 5.74) is -0.796. The molecule has 162 valence electrons. The summed E-state index contributed by atoms with van der Waals surface area (Å²) < 4.78 is 68.6. The number of hydrogen-bond acceptors (Lipinski definition) is 6. The molecule has 0 N–H and O–H groups in total. The first-order valence-electron chi connectivity index (χ1n) is 9.13. The summed E-state index contributed by atoms with van der Waals surface area (Å²) in [5.74, 6) is -14.1. The summed E-state index contributed by atoms with van der Waals surface area (Å²) in [4.78, 5) is 34.6. The zero-order valence-corrected chi connectivity index (χ0v) is 16.2. The highest BCUT2D eigenvalue weighted by atomic mass is 19.3. The number of ether oxygens (including phenoxy) is 3. The van der Waals surface area contributed by atoms with Crippen molar-refractivity contribution in [2.24, 2.45) is 5.41 Å². The number of alkyl halides is 4. The Kier molecular flexibility index (Phi) is 8.25. The standard InChI is InChI=1S/C18H26F4O6/c1-4-16(2,3)13(23)26-9-10-27-14(24)17(19,20)11-18(21,22)15(25)28-12-7-5-6-8-12/h12H,4-11H2,1-3H3. The summed E-state index contributed by atoms with van der Waals surface area (Å²) in [5, 5.41) is 0. The number of carbonyl (C=O) groups excluding carboxylic acids is 3. The zero-order valence-electron chi connectivity index (χ0n) is 16.2. The van der Waals surface area contributed by atoms with Gasteiger partial charge >= 0.3 is 29.8 Å². The van der Waals surface area contributed by atoms with Crippen LogP contribution in [-0.2, 0) is 28.6 Å². The van der Waals surface area contributed by atoms with Crippen molar-refractivity contribution in [2.75, 3.05) is 13.2 Å². The predicted octanol–water partition coefficient (Wildman–Crippen LogP) is 3.66. The molecule has 1 aliphatic rings. The number of halogens is 4. The largest absolute Gasteiger partial charge is 0.462 e. The van der Waals surface area contributed by atoms with Gasteiger partial charge in [-0.1, -0.05) is 6.92 Å². The smallest absolute Gasteiger partial charge is 0.377 e. The molecule has 0 amide bonds. The van der Waals surface area contributed by atoms with Gasteiger partial charge < -0.3 is 14.2 Å². The third-order valence-corrected chi connectivity index (χ3v) is 4.60. The molecule has 0 aromatic rings. The molecule has 0 atom stereocenters. The van der Waals surface area contributed by atoms with Crippen LogP contribution in [-0.4, -0.2) is 49.1 Å². The number of carbonyl (C=O) groups is 3. The van der Waals surface area contributed by atoms with Gasteiger partial charge in [0.15, 0.2) is 0 Å². The van der Waals surface area contributed by atoms with E-state index in [1.165, 1.54) is 0 Å². The molecule has 1 aliphatic carbocycles. The SMILES string of the molecule is CCC(C)(C)C(=O)OCCOC(=O)C(F)(F)CC(F)(F)C(=O)OC1CCCC1. The van der Waals surface area contributed by atoms with Gasteiger partial charge in [0, 0.05) is 0 Å². The van der Waals surface area contributed by atoms with Crippen molar-refractivity contribution in [3.63, 3.8) is 0 Å². The van der Waals surface area contributed by atoms with E-state index in [9.17, 15) is 31.9 Å². The van der Waals surface area contributed by atoms with Crippen LogP contribution in [0.3, 0.4) is 0 Å². The first-order valence-corrected chi connectivity index (χ1v) is 9.13. The Labute approximate surface area is 160 Å². The lowest BCUT2D eigenvalue weighted by atomic mass is 9.91. The van der Waals surface area contributed by atoms with Gasteiger partial charge in [-0.25, -0.2) is 9.59 Å². The molecule has 1 fully saturated rings. The van der Waals surface area contributed by atoms with Gasteiger partial charge in [-0.05, 0) is 46.0 Å². The van der Waals surface area contributed by atoms with Gasteiger partial charge in [-0.15, -0.1) is 0 Å². The Bertz CT molecular complexity index is 570. The van der Waals surface area contributed by atoms with E-state index < -0.39 is 60.9 Å². The minimum Gasteiger partial charge on any atom is -0.462 e. The molecule has 0 aliphatic heterocycles. The molecule has 0 heterocycles. The highest BCUT2D eigenvalue weighted by Gasteiger charge is 2.55. The van der Waals surface area contributed by atoms with E-state index >= 15 is 0 Å². The van der Waals surface area contributed by atoms with Crippen LogP contribution in [0.1, 0.15) is 59.3 Å². The van der Waals surface area contributed by atoms with E-state index in [2.05, 4.69) is 9.47 Å². The van der Waals surface area contributed by atoms with E-state index in [4.69, 9.17) is 4.74 Å². The van der Waals surface area contributed by atoms with Crippen LogP contribution < -0.4 is 0 Å². The summed E-state index contributed by atoms with van der Waals surface area (Å²) in [7, 11) is 0. The Morgan fingerprint density at radius 1 is 0.857 bits per heavy atom. The van der Waals surface area contributed by atoms with Crippen LogP contribution in [0.25, 0.3) is 0 Å². The molecular weight excluding hydrogens is 388 g/mol.